The molecule has 0 amide bonds. The molecular weight excluding hydrogens is 666 g/mol. The first-order valence-corrected chi connectivity index (χ1v) is 18.1. The molecule has 10 atom stereocenters. The van der Waals surface area contributed by atoms with Crippen molar-refractivity contribution in [3.63, 3.8) is 0 Å². The highest BCUT2D eigenvalue weighted by Gasteiger charge is 2.53. The normalized spacial score (nSPS) is 38.3. The number of aliphatic hydroxyl groups is 2. The molecule has 4 aromatic rings. The number of fused-ring (bicyclic) bond motifs is 4. The summed E-state index contributed by atoms with van der Waals surface area (Å²) in [7, 11) is 0. The number of thiol groups is 1. The Morgan fingerprint density at radius 2 is 1.30 bits per heavy atom. The van der Waals surface area contributed by atoms with Gasteiger partial charge in [-0.25, -0.2) is 34.5 Å². The van der Waals surface area contributed by atoms with Gasteiger partial charge in [0, 0.05) is 0 Å². The van der Waals surface area contributed by atoms with E-state index in [9.17, 15) is 19.7 Å². The van der Waals surface area contributed by atoms with Crippen molar-refractivity contribution in [2.75, 3.05) is 24.7 Å². The molecule has 3 aliphatic rings. The van der Waals surface area contributed by atoms with E-state index in [1.54, 1.807) is 0 Å². The molecule has 7 N–H and O–H groups in total. The van der Waals surface area contributed by atoms with Crippen LogP contribution >= 0.6 is 25.8 Å². The van der Waals surface area contributed by atoms with Gasteiger partial charge in [-0.15, -0.1) is 0 Å². The van der Waals surface area contributed by atoms with E-state index in [2.05, 4.69) is 42.2 Å². The highest BCUT2D eigenvalue weighted by atomic mass is 32.7. The maximum Gasteiger partial charge on any atom is 0.386 e. The number of aromatic nitrogens is 8. The fourth-order valence-electron chi connectivity index (χ4n) is 5.24. The standard InChI is InChI=1S/C20H24N10O10P2S2/c21-15-9-17(25-3-23-15)29(5-27-9)19-11(31)13-7(37-19)1-35-41(33,43)40-14-8(2-36-42(34,44)39-13)38-20(12(14)32)30-6-28-10-16(22)24-4-26-18(10)30/h3-8,11-14,19-20,31-32H,1-2H2,(H,33,43)(H,34,44)(H2,21,23,25)(H2,22,24,26)/t7-,8-,11?,12?,13+,14+,19?,20?,41?,42?/m1/s1. The van der Waals surface area contributed by atoms with Crippen LogP contribution in [0.3, 0.4) is 0 Å². The maximum absolute atomic E-state index is 13.4. The van der Waals surface area contributed by atoms with Crippen molar-refractivity contribution in [3.05, 3.63) is 25.3 Å². The summed E-state index contributed by atoms with van der Waals surface area (Å²) in [6.07, 6.45) is -5.32. The lowest BCUT2D eigenvalue weighted by Gasteiger charge is -2.29. The van der Waals surface area contributed by atoms with Crippen molar-refractivity contribution in [3.8, 4) is 0 Å². The van der Waals surface area contributed by atoms with Crippen LogP contribution in [0, 0.1) is 0 Å². The van der Waals surface area contributed by atoms with Crippen LogP contribution in [-0.2, 0) is 43.9 Å². The summed E-state index contributed by atoms with van der Waals surface area (Å²) < 4.78 is 50.6. The van der Waals surface area contributed by atoms with Gasteiger partial charge in [0.05, 0.1) is 25.9 Å². The largest absolute Gasteiger partial charge is 0.386 e. The SMILES string of the molecule is Nc1ncnc2c1ncn2C1O[C@@H]2COP(O)(=S)O[C@@H]3C(O)C(n4cnc5c(N)ncnc54)O[C@@H]3COP(=O)(S)O[C@@H]2C1O. The third-order valence-electron chi connectivity index (χ3n) is 7.26. The lowest BCUT2D eigenvalue weighted by Crippen LogP contribution is -2.38. The number of ether oxygens (including phenoxy) is 2. The van der Waals surface area contributed by atoms with E-state index in [1.807, 2.05) is 0 Å². The summed E-state index contributed by atoms with van der Waals surface area (Å²) >= 11 is 9.33. The average Bonchev–Trinajstić information content (AvgIpc) is 3.73. The van der Waals surface area contributed by atoms with E-state index >= 15 is 0 Å². The van der Waals surface area contributed by atoms with Crippen LogP contribution in [0.1, 0.15) is 12.5 Å². The molecule has 0 bridgehead atoms. The van der Waals surface area contributed by atoms with Crippen molar-refractivity contribution < 1.29 is 47.2 Å². The van der Waals surface area contributed by atoms with E-state index in [4.69, 9.17) is 50.8 Å². The Balaban J connectivity index is 1.17. The van der Waals surface area contributed by atoms with E-state index in [1.165, 1.54) is 34.4 Å². The Bertz CT molecular complexity index is 1700. The smallest absolute Gasteiger partial charge is 0.386 e. The minimum absolute atomic E-state index is 0.106. The fourth-order valence-corrected chi connectivity index (χ4v) is 8.18. The number of nitrogen functional groups attached to an aromatic ring is 2. The number of rotatable bonds is 2. The van der Waals surface area contributed by atoms with Gasteiger partial charge in [0.25, 0.3) is 0 Å². The van der Waals surface area contributed by atoms with Crippen LogP contribution < -0.4 is 11.5 Å². The maximum atomic E-state index is 13.4. The lowest BCUT2D eigenvalue weighted by atomic mass is 10.1. The molecule has 236 valence electrons. The quantitative estimate of drug-likeness (QED) is 0.113. The number of anilines is 2. The van der Waals surface area contributed by atoms with Crippen molar-refractivity contribution in [1.82, 2.24) is 39.0 Å². The molecule has 0 radical (unpaired) electrons. The molecule has 6 unspecified atom stereocenters. The predicted molar refractivity (Wildman–Crippen MR) is 154 cm³/mol. The molecule has 0 aliphatic carbocycles. The van der Waals surface area contributed by atoms with E-state index in [-0.39, 0.29) is 34.0 Å². The Hall–Kier alpha value is -2.43. The molecular formula is C20H24N10O10P2S2. The molecule has 20 nitrogen and oxygen atoms in total. The van der Waals surface area contributed by atoms with Gasteiger partial charge < -0.3 is 40.6 Å². The van der Waals surface area contributed by atoms with E-state index in [0.29, 0.717) is 0 Å². The molecule has 0 spiro atoms. The minimum atomic E-state index is -4.26. The molecule has 44 heavy (non-hydrogen) atoms. The predicted octanol–water partition coefficient (Wildman–Crippen LogP) is -0.581. The van der Waals surface area contributed by atoms with Gasteiger partial charge in [-0.3, -0.25) is 22.7 Å². The van der Waals surface area contributed by atoms with E-state index in [0.717, 1.165) is 0 Å². The first kappa shape index (κ1) is 30.2. The summed E-state index contributed by atoms with van der Waals surface area (Å²) in [5.74, 6) is 0.213. The van der Waals surface area contributed by atoms with Crippen LogP contribution in [0.15, 0.2) is 25.3 Å². The topological polar surface area (TPSA) is 272 Å². The van der Waals surface area contributed by atoms with Crippen LogP contribution in [0.25, 0.3) is 22.3 Å². The van der Waals surface area contributed by atoms with Gasteiger partial charge in [0.15, 0.2) is 35.4 Å². The molecule has 7 heterocycles. The Labute approximate surface area is 256 Å². The van der Waals surface area contributed by atoms with Gasteiger partial charge in [0.1, 0.15) is 60.3 Å². The van der Waals surface area contributed by atoms with Gasteiger partial charge in [-0.05, 0) is 11.8 Å². The summed E-state index contributed by atoms with van der Waals surface area (Å²) in [5, 5.41) is 22.5. The summed E-state index contributed by atoms with van der Waals surface area (Å²) in [4.78, 5) is 35.4. The lowest BCUT2D eigenvalue weighted by molar-refractivity contribution is -0.0577. The summed E-state index contributed by atoms with van der Waals surface area (Å²) in [6, 6.07) is 0. The van der Waals surface area contributed by atoms with Crippen LogP contribution in [0.5, 0.6) is 0 Å². The minimum Gasteiger partial charge on any atom is -0.386 e. The second-order valence-electron chi connectivity index (χ2n) is 9.95. The molecule has 24 heteroatoms. The molecule has 3 fully saturated rings. The Morgan fingerprint density at radius 1 is 0.818 bits per heavy atom. The second-order valence-corrected chi connectivity index (χ2v) is 15.6. The highest BCUT2D eigenvalue weighted by Crippen LogP contribution is 2.58. The van der Waals surface area contributed by atoms with Crippen LogP contribution in [-0.4, -0.2) is 104 Å². The third-order valence-corrected chi connectivity index (χ3v) is 10.4. The number of hydrogen-bond acceptors (Lipinski definition) is 18. The molecule has 0 saturated carbocycles. The zero-order valence-corrected chi connectivity index (χ0v) is 25.5. The van der Waals surface area contributed by atoms with Crippen LogP contribution in [0.4, 0.5) is 11.6 Å². The van der Waals surface area contributed by atoms with Gasteiger partial charge in [-0.1, -0.05) is 12.2 Å². The summed E-state index contributed by atoms with van der Waals surface area (Å²) in [5.41, 5.74) is 12.8. The second kappa shape index (κ2) is 11.1. The highest BCUT2D eigenvalue weighted by molar-refractivity contribution is 8.44. The van der Waals surface area contributed by atoms with Crippen molar-refractivity contribution in [2.45, 2.75) is 49.1 Å². The monoisotopic (exact) mass is 690 g/mol. The number of nitrogens with zero attached hydrogens (tertiary/aromatic N) is 8. The number of nitrogens with two attached hydrogens (primary N) is 2. The zero-order chi connectivity index (χ0) is 31.0. The third kappa shape index (κ3) is 5.28. The van der Waals surface area contributed by atoms with Gasteiger partial charge >= 0.3 is 13.5 Å². The van der Waals surface area contributed by atoms with Gasteiger partial charge in [-0.2, -0.15) is 0 Å². The molecule has 7 rings (SSSR count). The zero-order valence-electron chi connectivity index (χ0n) is 22.0. The fraction of sp³-hybridized carbons (Fsp3) is 0.500. The number of aliphatic hydroxyl groups excluding tert-OH is 2. The first-order valence-electron chi connectivity index (χ1n) is 12.8. The average molecular weight is 691 g/mol. The first-order chi connectivity index (χ1) is 20.9. The number of hydrogen-bond donors (Lipinski definition) is 6. The molecule has 3 saturated heterocycles. The summed E-state index contributed by atoms with van der Waals surface area (Å²) in [6.45, 7) is -9.39. The van der Waals surface area contributed by atoms with Gasteiger partial charge in [0.2, 0.25) is 0 Å². The van der Waals surface area contributed by atoms with Crippen molar-refractivity contribution >= 4 is 71.5 Å². The van der Waals surface area contributed by atoms with Crippen molar-refractivity contribution in [2.24, 2.45) is 0 Å². The van der Waals surface area contributed by atoms with E-state index < -0.39 is 75.8 Å². The molecule has 0 aromatic carbocycles. The Morgan fingerprint density at radius 3 is 1.82 bits per heavy atom. The van der Waals surface area contributed by atoms with Crippen molar-refractivity contribution in [1.29, 1.82) is 0 Å². The Kier molecular flexibility index (Phi) is 7.64. The molecule has 4 aromatic heterocycles. The molecule has 3 aliphatic heterocycles. The van der Waals surface area contributed by atoms with Crippen LogP contribution in [0.2, 0.25) is 0 Å². The number of imidazole rings is 2.